The van der Waals surface area contributed by atoms with Gasteiger partial charge in [0.25, 0.3) is 0 Å². The molecule has 3 rings (SSSR count). The maximum Gasteiger partial charge on any atom is 0.244 e. The molecule has 0 spiro atoms. The number of aryl methyl sites for hydroxylation is 1. The van der Waals surface area contributed by atoms with Gasteiger partial charge in [0.05, 0.1) is 19.3 Å². The van der Waals surface area contributed by atoms with Crippen LogP contribution in [0.5, 0.6) is 5.75 Å². The van der Waals surface area contributed by atoms with Crippen molar-refractivity contribution >= 4 is 16.0 Å². The molecule has 27 heavy (non-hydrogen) atoms. The van der Waals surface area contributed by atoms with Gasteiger partial charge in [-0.05, 0) is 50.5 Å². The van der Waals surface area contributed by atoms with Crippen LogP contribution in [0.2, 0.25) is 0 Å². The van der Waals surface area contributed by atoms with Crippen molar-refractivity contribution in [3.05, 3.63) is 41.5 Å². The molecule has 0 bridgehead atoms. The van der Waals surface area contributed by atoms with E-state index < -0.39 is 15.8 Å². The normalized spacial score (nSPS) is 15.0. The number of aromatic nitrogens is 2. The van der Waals surface area contributed by atoms with Crippen molar-refractivity contribution in [2.45, 2.75) is 37.6 Å². The molecule has 1 saturated heterocycles. The molecule has 7 nitrogen and oxygen atoms in total. The molecule has 0 aliphatic carbocycles. The molecule has 2 heterocycles. The number of nitrogens with zero attached hydrogens (tertiary/aromatic N) is 3. The molecule has 2 aromatic rings. The summed E-state index contributed by atoms with van der Waals surface area (Å²) in [5, 5.41) is 0. The number of methoxy groups -OCH3 is 1. The molecule has 0 radical (unpaired) electrons. The lowest BCUT2D eigenvalue weighted by Gasteiger charge is -2.27. The number of ether oxygens (including phenoxy) is 1. The number of hydrogen-bond donors (Lipinski definition) is 1. The number of piperidine rings is 1. The van der Waals surface area contributed by atoms with Gasteiger partial charge in [-0.3, -0.25) is 0 Å². The van der Waals surface area contributed by atoms with Crippen molar-refractivity contribution in [3.8, 4) is 5.75 Å². The summed E-state index contributed by atoms with van der Waals surface area (Å²) < 4.78 is 46.2. The first-order valence-electron chi connectivity index (χ1n) is 8.82. The molecule has 0 unspecified atom stereocenters. The Hall–Kier alpha value is -2.26. The second-order valence-electron chi connectivity index (χ2n) is 6.47. The summed E-state index contributed by atoms with van der Waals surface area (Å²) in [5.74, 6) is 0.0467. The van der Waals surface area contributed by atoms with E-state index in [-0.39, 0.29) is 17.2 Å². The van der Waals surface area contributed by atoms with Gasteiger partial charge < -0.3 is 9.64 Å². The van der Waals surface area contributed by atoms with E-state index >= 15 is 0 Å². The molecule has 9 heteroatoms. The predicted octanol–water partition coefficient (Wildman–Crippen LogP) is 2.40. The zero-order valence-corrected chi connectivity index (χ0v) is 16.2. The highest BCUT2D eigenvalue weighted by molar-refractivity contribution is 7.89. The SMILES string of the molecule is COc1ccc(F)cc1S(=O)(=O)NCc1cc(C)nc(N2CCCCC2)n1. The number of anilines is 1. The van der Waals surface area contributed by atoms with Crippen LogP contribution in [0.1, 0.15) is 30.7 Å². The maximum absolute atomic E-state index is 13.5. The van der Waals surface area contributed by atoms with Crippen molar-refractivity contribution in [2.24, 2.45) is 0 Å². The second kappa shape index (κ2) is 8.18. The van der Waals surface area contributed by atoms with Crippen molar-refractivity contribution in [3.63, 3.8) is 0 Å². The topological polar surface area (TPSA) is 84.4 Å². The Morgan fingerprint density at radius 3 is 2.63 bits per heavy atom. The van der Waals surface area contributed by atoms with E-state index in [1.807, 2.05) is 6.92 Å². The van der Waals surface area contributed by atoms with E-state index in [0.29, 0.717) is 11.6 Å². The molecule has 1 fully saturated rings. The van der Waals surface area contributed by atoms with Gasteiger partial charge in [0.2, 0.25) is 16.0 Å². The fourth-order valence-electron chi connectivity index (χ4n) is 3.05. The number of sulfonamides is 1. The third-order valence-electron chi connectivity index (χ3n) is 4.39. The minimum Gasteiger partial charge on any atom is -0.495 e. The van der Waals surface area contributed by atoms with E-state index in [1.54, 1.807) is 6.07 Å². The first kappa shape index (κ1) is 19.5. The largest absolute Gasteiger partial charge is 0.495 e. The van der Waals surface area contributed by atoms with Crippen LogP contribution in [0.3, 0.4) is 0 Å². The minimum absolute atomic E-state index is 0.0216. The highest BCUT2D eigenvalue weighted by atomic mass is 32.2. The lowest BCUT2D eigenvalue weighted by molar-refractivity contribution is 0.400. The van der Waals surface area contributed by atoms with Gasteiger partial charge in [0.15, 0.2) is 0 Å². The number of nitrogens with one attached hydrogen (secondary N) is 1. The van der Waals surface area contributed by atoms with Crippen LogP contribution in [0.4, 0.5) is 10.3 Å². The van der Waals surface area contributed by atoms with E-state index in [9.17, 15) is 12.8 Å². The third kappa shape index (κ3) is 4.72. The highest BCUT2D eigenvalue weighted by Gasteiger charge is 2.21. The van der Waals surface area contributed by atoms with Gasteiger partial charge >= 0.3 is 0 Å². The average molecular weight is 394 g/mol. The molecule has 1 aliphatic heterocycles. The number of benzene rings is 1. The van der Waals surface area contributed by atoms with Crippen molar-refractivity contribution in [1.82, 2.24) is 14.7 Å². The lowest BCUT2D eigenvalue weighted by atomic mass is 10.1. The lowest BCUT2D eigenvalue weighted by Crippen LogP contribution is -2.32. The molecule has 1 aromatic heterocycles. The van der Waals surface area contributed by atoms with E-state index in [4.69, 9.17) is 4.74 Å². The molecule has 0 atom stereocenters. The van der Waals surface area contributed by atoms with Gasteiger partial charge in [-0.2, -0.15) is 0 Å². The number of hydrogen-bond acceptors (Lipinski definition) is 6. The van der Waals surface area contributed by atoms with Gasteiger partial charge in [-0.15, -0.1) is 0 Å². The maximum atomic E-state index is 13.5. The monoisotopic (exact) mass is 394 g/mol. The molecule has 0 saturated carbocycles. The van der Waals surface area contributed by atoms with Gasteiger partial charge in [-0.25, -0.2) is 27.5 Å². The van der Waals surface area contributed by atoms with Crippen molar-refractivity contribution < 1.29 is 17.5 Å². The first-order valence-corrected chi connectivity index (χ1v) is 10.3. The fourth-order valence-corrected chi connectivity index (χ4v) is 4.23. The Kier molecular flexibility index (Phi) is 5.91. The molecule has 1 aliphatic rings. The Bertz CT molecular complexity index is 915. The number of rotatable bonds is 6. The quantitative estimate of drug-likeness (QED) is 0.810. The summed E-state index contributed by atoms with van der Waals surface area (Å²) in [7, 11) is -2.63. The van der Waals surface area contributed by atoms with Crippen LogP contribution >= 0.6 is 0 Å². The van der Waals surface area contributed by atoms with Crippen LogP contribution in [-0.4, -0.2) is 38.6 Å². The zero-order chi connectivity index (χ0) is 19.4. The summed E-state index contributed by atoms with van der Waals surface area (Å²) >= 11 is 0. The third-order valence-corrected chi connectivity index (χ3v) is 5.82. The standard InChI is InChI=1S/C18H23FN4O3S/c1-13-10-15(22-18(21-13)23-8-4-3-5-9-23)12-20-27(24,25)17-11-14(19)6-7-16(17)26-2/h6-7,10-11,20H,3-5,8-9,12H2,1-2H3. The highest BCUT2D eigenvalue weighted by Crippen LogP contribution is 2.24. The summed E-state index contributed by atoms with van der Waals surface area (Å²) in [6, 6.07) is 5.11. The molecule has 0 amide bonds. The molecule has 1 N–H and O–H groups in total. The predicted molar refractivity (Wildman–Crippen MR) is 99.8 cm³/mol. The average Bonchev–Trinajstić information content (AvgIpc) is 2.67. The Labute approximate surface area is 158 Å². The van der Waals surface area contributed by atoms with Gasteiger partial charge in [-0.1, -0.05) is 0 Å². The van der Waals surface area contributed by atoms with Gasteiger partial charge in [0, 0.05) is 18.8 Å². The van der Waals surface area contributed by atoms with Gasteiger partial charge in [0.1, 0.15) is 16.5 Å². The number of halogens is 1. The minimum atomic E-state index is -3.96. The van der Waals surface area contributed by atoms with E-state index in [0.717, 1.165) is 43.8 Å². The summed E-state index contributed by atoms with van der Waals surface area (Å²) in [4.78, 5) is 10.8. The van der Waals surface area contributed by atoms with Crippen LogP contribution in [0.25, 0.3) is 0 Å². The second-order valence-corrected chi connectivity index (χ2v) is 8.20. The Morgan fingerprint density at radius 2 is 1.93 bits per heavy atom. The molecule has 1 aromatic carbocycles. The zero-order valence-electron chi connectivity index (χ0n) is 15.4. The Morgan fingerprint density at radius 1 is 1.19 bits per heavy atom. The summed E-state index contributed by atoms with van der Waals surface area (Å²) in [6.07, 6.45) is 3.39. The molecular formula is C18H23FN4O3S. The van der Waals surface area contributed by atoms with E-state index in [2.05, 4.69) is 19.6 Å². The van der Waals surface area contributed by atoms with Crippen LogP contribution < -0.4 is 14.4 Å². The first-order chi connectivity index (χ1) is 12.9. The Balaban J connectivity index is 1.80. The summed E-state index contributed by atoms with van der Waals surface area (Å²) in [5.41, 5.74) is 1.32. The smallest absolute Gasteiger partial charge is 0.244 e. The fraction of sp³-hybridized carbons (Fsp3) is 0.444. The van der Waals surface area contributed by atoms with Crippen LogP contribution in [0, 0.1) is 12.7 Å². The van der Waals surface area contributed by atoms with Crippen LogP contribution in [0.15, 0.2) is 29.2 Å². The van der Waals surface area contributed by atoms with Crippen LogP contribution in [-0.2, 0) is 16.6 Å². The molecule has 146 valence electrons. The van der Waals surface area contributed by atoms with E-state index in [1.165, 1.54) is 19.6 Å². The molecular weight excluding hydrogens is 371 g/mol. The van der Waals surface area contributed by atoms with Crippen molar-refractivity contribution in [2.75, 3.05) is 25.1 Å². The van der Waals surface area contributed by atoms with Crippen molar-refractivity contribution in [1.29, 1.82) is 0 Å². The summed E-state index contributed by atoms with van der Waals surface area (Å²) in [6.45, 7) is 3.62.